The average molecular weight is 243 g/mol. The zero-order chi connectivity index (χ0) is 13.0. The van der Waals surface area contributed by atoms with E-state index in [1.807, 2.05) is 12.1 Å². The Labute approximate surface area is 105 Å². The Kier molecular flexibility index (Phi) is 3.52. The largest absolute Gasteiger partial charge is 0.456 e. The normalized spacial score (nSPS) is 11.3. The van der Waals surface area contributed by atoms with E-state index in [2.05, 4.69) is 15.5 Å². The van der Waals surface area contributed by atoms with Gasteiger partial charge in [0.25, 0.3) is 0 Å². The molecule has 0 fully saturated rings. The lowest BCUT2D eigenvalue weighted by Gasteiger charge is -2.00. The zero-order valence-electron chi connectivity index (χ0n) is 10.2. The second-order valence-corrected chi connectivity index (χ2v) is 3.79. The average Bonchev–Trinajstić information content (AvgIpc) is 2.83. The Balaban J connectivity index is 2.05. The number of nitrogens with zero attached hydrogens (tertiary/aromatic N) is 2. The Morgan fingerprint density at radius 1 is 1.39 bits per heavy atom. The molecule has 0 saturated heterocycles. The first-order valence-electron chi connectivity index (χ1n) is 5.48. The molecule has 0 aliphatic rings. The molecule has 2 aromatic heterocycles. The smallest absolute Gasteiger partial charge is 0.307 e. The maximum absolute atomic E-state index is 11.7. The van der Waals surface area contributed by atoms with E-state index in [1.165, 1.54) is 0 Å². The summed E-state index contributed by atoms with van der Waals surface area (Å²) < 4.78 is 5.19. The molecular formula is C13H13N3O2. The van der Waals surface area contributed by atoms with Gasteiger partial charge in [0.15, 0.2) is 5.76 Å². The molecule has 0 aliphatic heterocycles. The number of hydrazone groups is 1. The van der Waals surface area contributed by atoms with Gasteiger partial charge in [-0.2, -0.15) is 5.10 Å². The fourth-order valence-electron chi connectivity index (χ4n) is 1.39. The number of aromatic nitrogens is 1. The Morgan fingerprint density at radius 2 is 2.22 bits per heavy atom. The molecule has 1 amide bonds. The second kappa shape index (κ2) is 5.27. The molecule has 0 spiro atoms. The van der Waals surface area contributed by atoms with E-state index < -0.39 is 0 Å². The van der Waals surface area contributed by atoms with E-state index in [1.54, 1.807) is 38.4 Å². The van der Waals surface area contributed by atoms with Gasteiger partial charge in [0.05, 0.1) is 5.71 Å². The van der Waals surface area contributed by atoms with Crippen molar-refractivity contribution in [3.8, 4) is 0 Å². The van der Waals surface area contributed by atoms with Crippen LogP contribution in [0.5, 0.6) is 0 Å². The van der Waals surface area contributed by atoms with Gasteiger partial charge in [0.1, 0.15) is 5.76 Å². The number of nitrogens with one attached hydrogen (secondary N) is 1. The molecule has 0 atom stereocenters. The SMILES string of the molecule is CC(=NNC(=O)c1ccc(C)o1)c1cccnc1. The lowest BCUT2D eigenvalue weighted by Crippen LogP contribution is -2.18. The van der Waals surface area contributed by atoms with Crippen LogP contribution in [0.4, 0.5) is 0 Å². The van der Waals surface area contributed by atoms with Crippen molar-refractivity contribution in [3.05, 3.63) is 53.7 Å². The molecule has 5 heteroatoms. The predicted molar refractivity (Wildman–Crippen MR) is 67.4 cm³/mol. The third-order valence-corrected chi connectivity index (χ3v) is 2.37. The van der Waals surface area contributed by atoms with Crippen LogP contribution in [0.3, 0.4) is 0 Å². The highest BCUT2D eigenvalue weighted by molar-refractivity contribution is 6.00. The molecule has 92 valence electrons. The van der Waals surface area contributed by atoms with Gasteiger partial charge >= 0.3 is 5.91 Å². The van der Waals surface area contributed by atoms with Gasteiger partial charge in [-0.3, -0.25) is 9.78 Å². The molecule has 2 rings (SSSR count). The van der Waals surface area contributed by atoms with Crippen LogP contribution >= 0.6 is 0 Å². The van der Waals surface area contributed by atoms with E-state index in [0.29, 0.717) is 11.5 Å². The number of carbonyl (C=O) groups is 1. The summed E-state index contributed by atoms with van der Waals surface area (Å²) in [5.74, 6) is 0.565. The molecule has 0 unspecified atom stereocenters. The van der Waals surface area contributed by atoms with Gasteiger partial charge in [0, 0.05) is 18.0 Å². The third-order valence-electron chi connectivity index (χ3n) is 2.37. The van der Waals surface area contributed by atoms with Gasteiger partial charge in [-0.05, 0) is 32.0 Å². The first-order chi connectivity index (χ1) is 8.66. The van der Waals surface area contributed by atoms with Crippen molar-refractivity contribution >= 4 is 11.6 Å². The number of amides is 1. The van der Waals surface area contributed by atoms with Gasteiger partial charge in [-0.15, -0.1) is 0 Å². The van der Waals surface area contributed by atoms with Gasteiger partial charge in [-0.25, -0.2) is 5.43 Å². The Bertz CT molecular complexity index is 573. The summed E-state index contributed by atoms with van der Waals surface area (Å²) in [5, 5.41) is 4.00. The monoisotopic (exact) mass is 243 g/mol. The number of rotatable bonds is 3. The minimum atomic E-state index is -0.369. The molecule has 2 aromatic rings. The summed E-state index contributed by atoms with van der Waals surface area (Å²) in [7, 11) is 0. The molecular weight excluding hydrogens is 230 g/mol. The predicted octanol–water partition coefficient (Wildman–Crippen LogP) is 2.14. The van der Waals surface area contributed by atoms with Crippen LogP contribution in [0.15, 0.2) is 46.2 Å². The highest BCUT2D eigenvalue weighted by Gasteiger charge is 2.08. The number of aryl methyl sites for hydroxylation is 1. The molecule has 18 heavy (non-hydrogen) atoms. The Hall–Kier alpha value is -2.43. The molecule has 0 radical (unpaired) electrons. The van der Waals surface area contributed by atoms with Crippen molar-refractivity contribution in [1.29, 1.82) is 0 Å². The van der Waals surface area contributed by atoms with Crippen LogP contribution in [0, 0.1) is 6.92 Å². The highest BCUT2D eigenvalue weighted by atomic mass is 16.3. The number of carbonyl (C=O) groups excluding carboxylic acids is 1. The molecule has 0 bridgehead atoms. The molecule has 0 aromatic carbocycles. The summed E-state index contributed by atoms with van der Waals surface area (Å²) >= 11 is 0. The van der Waals surface area contributed by atoms with Crippen LogP contribution in [0.25, 0.3) is 0 Å². The molecule has 0 aliphatic carbocycles. The van der Waals surface area contributed by atoms with Crippen LogP contribution in [0.1, 0.15) is 28.8 Å². The van der Waals surface area contributed by atoms with Gasteiger partial charge in [-0.1, -0.05) is 6.07 Å². The number of hydrogen-bond acceptors (Lipinski definition) is 4. The van der Waals surface area contributed by atoms with Gasteiger partial charge < -0.3 is 4.42 Å². The molecule has 0 saturated carbocycles. The minimum absolute atomic E-state index is 0.246. The maximum atomic E-state index is 11.7. The first-order valence-corrected chi connectivity index (χ1v) is 5.48. The van der Waals surface area contributed by atoms with Crippen molar-refractivity contribution in [2.24, 2.45) is 5.10 Å². The van der Waals surface area contributed by atoms with Gasteiger partial charge in [0.2, 0.25) is 0 Å². The zero-order valence-corrected chi connectivity index (χ0v) is 10.2. The van der Waals surface area contributed by atoms with Crippen molar-refractivity contribution in [3.63, 3.8) is 0 Å². The molecule has 1 N–H and O–H groups in total. The first kappa shape index (κ1) is 12.0. The van der Waals surface area contributed by atoms with E-state index in [4.69, 9.17) is 4.42 Å². The highest BCUT2D eigenvalue weighted by Crippen LogP contribution is 2.05. The van der Waals surface area contributed by atoms with Crippen LogP contribution < -0.4 is 5.43 Å². The number of furan rings is 1. The Morgan fingerprint density at radius 3 is 2.83 bits per heavy atom. The molecule has 5 nitrogen and oxygen atoms in total. The van der Waals surface area contributed by atoms with Crippen molar-refractivity contribution in [1.82, 2.24) is 10.4 Å². The summed E-state index contributed by atoms with van der Waals surface area (Å²) in [4.78, 5) is 15.6. The maximum Gasteiger partial charge on any atom is 0.307 e. The van der Waals surface area contributed by atoms with Crippen molar-refractivity contribution in [2.45, 2.75) is 13.8 Å². The van der Waals surface area contributed by atoms with E-state index >= 15 is 0 Å². The fourth-order valence-corrected chi connectivity index (χ4v) is 1.39. The third kappa shape index (κ3) is 2.82. The lowest BCUT2D eigenvalue weighted by molar-refractivity contribution is 0.0926. The molecule has 2 heterocycles. The van der Waals surface area contributed by atoms with E-state index in [-0.39, 0.29) is 11.7 Å². The summed E-state index contributed by atoms with van der Waals surface area (Å²) in [6, 6.07) is 7.02. The quantitative estimate of drug-likeness (QED) is 0.663. The number of pyridine rings is 1. The topological polar surface area (TPSA) is 67.5 Å². The van der Waals surface area contributed by atoms with Crippen LogP contribution in [-0.2, 0) is 0 Å². The van der Waals surface area contributed by atoms with Crippen LogP contribution in [0.2, 0.25) is 0 Å². The minimum Gasteiger partial charge on any atom is -0.456 e. The standard InChI is InChI=1S/C13H13N3O2/c1-9-5-6-12(18-9)13(17)16-15-10(2)11-4-3-7-14-8-11/h3-8H,1-2H3,(H,16,17). The summed E-state index contributed by atoms with van der Waals surface area (Å²) in [5.41, 5.74) is 3.97. The van der Waals surface area contributed by atoms with E-state index in [0.717, 1.165) is 5.56 Å². The lowest BCUT2D eigenvalue weighted by atomic mass is 10.2. The summed E-state index contributed by atoms with van der Waals surface area (Å²) in [6.45, 7) is 3.58. The van der Waals surface area contributed by atoms with E-state index in [9.17, 15) is 4.79 Å². The van der Waals surface area contributed by atoms with Crippen molar-refractivity contribution < 1.29 is 9.21 Å². The fraction of sp³-hybridized carbons (Fsp3) is 0.154. The summed E-state index contributed by atoms with van der Waals surface area (Å²) in [6.07, 6.45) is 3.36. The van der Waals surface area contributed by atoms with Crippen LogP contribution in [-0.4, -0.2) is 16.6 Å². The van der Waals surface area contributed by atoms with Crippen molar-refractivity contribution in [2.75, 3.05) is 0 Å². The second-order valence-electron chi connectivity index (χ2n) is 3.79. The number of hydrogen-bond donors (Lipinski definition) is 1.